The molecule has 2 fully saturated rings. The molecule has 0 unspecified atom stereocenters. The van der Waals surface area contributed by atoms with Crippen LogP contribution >= 0.6 is 0 Å². The molecule has 1 heterocycles. The Morgan fingerprint density at radius 2 is 1.78 bits per heavy atom. The Morgan fingerprint density at radius 1 is 1.06 bits per heavy atom. The van der Waals surface area contributed by atoms with E-state index in [1.54, 1.807) is 0 Å². The second-order valence-corrected chi connectivity index (χ2v) is 9.96. The minimum atomic E-state index is -4.85. The highest BCUT2D eigenvalue weighted by molar-refractivity contribution is 5.95. The number of anilines is 2. The van der Waals surface area contributed by atoms with E-state index in [-0.39, 0.29) is 17.5 Å². The zero-order valence-corrected chi connectivity index (χ0v) is 20.0. The maximum absolute atomic E-state index is 14.4. The van der Waals surface area contributed by atoms with E-state index in [1.807, 2.05) is 43.3 Å². The van der Waals surface area contributed by atoms with Gasteiger partial charge in [-0.2, -0.15) is 18.2 Å². The fourth-order valence-electron chi connectivity index (χ4n) is 5.25. The lowest BCUT2D eigenvalue weighted by molar-refractivity contribution is -0.140. The first-order valence-electron chi connectivity index (χ1n) is 11.9. The predicted octanol–water partition coefficient (Wildman–Crippen LogP) is 5.40. The van der Waals surface area contributed by atoms with E-state index in [0.29, 0.717) is 12.0 Å². The molecule has 1 aromatic heterocycles. The molecule has 6 nitrogen and oxygen atoms in total. The predicted molar refractivity (Wildman–Crippen MR) is 129 cm³/mol. The Balaban J connectivity index is 1.21. The molecule has 1 atom stereocenters. The van der Waals surface area contributed by atoms with Gasteiger partial charge in [0.2, 0.25) is 5.95 Å². The van der Waals surface area contributed by atoms with E-state index in [1.165, 1.54) is 0 Å². The molecule has 1 spiro atoms. The van der Waals surface area contributed by atoms with Crippen LogP contribution in [0.1, 0.15) is 48.0 Å². The fourth-order valence-corrected chi connectivity index (χ4v) is 5.25. The first kappa shape index (κ1) is 24.3. The molecule has 2 aliphatic carbocycles. The van der Waals surface area contributed by atoms with Gasteiger partial charge in [-0.25, -0.2) is 9.37 Å². The zero-order valence-electron chi connectivity index (χ0n) is 20.0. The van der Waals surface area contributed by atoms with Gasteiger partial charge in [-0.1, -0.05) is 18.2 Å². The molecule has 0 radical (unpaired) electrons. The maximum atomic E-state index is 14.4. The number of aromatic nitrogens is 2. The molecule has 2 N–H and O–H groups in total. The van der Waals surface area contributed by atoms with Crippen molar-refractivity contribution in [1.29, 1.82) is 0 Å². The molecular weight excluding hydrogens is 474 g/mol. The van der Waals surface area contributed by atoms with Crippen molar-refractivity contribution in [1.82, 2.24) is 15.3 Å². The topological polar surface area (TPSA) is 70.2 Å². The lowest BCUT2D eigenvalue weighted by Crippen LogP contribution is -2.34. The van der Waals surface area contributed by atoms with E-state index < -0.39 is 29.0 Å². The Kier molecular flexibility index (Phi) is 6.00. The van der Waals surface area contributed by atoms with Crippen molar-refractivity contribution < 1.29 is 22.4 Å². The molecule has 10 heteroatoms. The fraction of sp³-hybridized carbons (Fsp3) is 0.423. The van der Waals surface area contributed by atoms with Crippen LogP contribution in [-0.4, -0.2) is 42.1 Å². The summed E-state index contributed by atoms with van der Waals surface area (Å²) in [5, 5.41) is 7.18. The highest BCUT2D eigenvalue weighted by atomic mass is 19.4. The number of para-hydroxylation sites is 1. The quantitative estimate of drug-likeness (QED) is 0.459. The summed E-state index contributed by atoms with van der Waals surface area (Å²) in [7, 11) is 3.88. The summed E-state index contributed by atoms with van der Waals surface area (Å²) < 4.78 is 53.3. The highest BCUT2D eigenvalue weighted by Crippen LogP contribution is 2.56. The summed E-state index contributed by atoms with van der Waals surface area (Å²) in [6, 6.07) is 10.6. The molecule has 2 aliphatic rings. The molecule has 5 rings (SSSR count). The monoisotopic (exact) mass is 501 g/mol. The lowest BCUT2D eigenvalue weighted by atomic mass is 9.82. The molecule has 2 aromatic carbocycles. The second kappa shape index (κ2) is 8.90. The van der Waals surface area contributed by atoms with Crippen LogP contribution in [0.2, 0.25) is 0 Å². The van der Waals surface area contributed by atoms with Gasteiger partial charge in [-0.05, 0) is 61.8 Å². The number of fused-ring (bicyclic) bond motifs is 1. The summed E-state index contributed by atoms with van der Waals surface area (Å²) in [5.41, 5.74) is -1.24. The number of hydrogen-bond acceptors (Lipinski definition) is 5. The van der Waals surface area contributed by atoms with Gasteiger partial charge in [0.05, 0.1) is 16.6 Å². The van der Waals surface area contributed by atoms with Gasteiger partial charge in [0.15, 0.2) is 0 Å². The maximum Gasteiger partial charge on any atom is 0.419 e. The number of halogens is 4. The normalized spacial score (nSPS) is 23.5. The van der Waals surface area contributed by atoms with E-state index in [4.69, 9.17) is 4.98 Å². The number of benzene rings is 2. The largest absolute Gasteiger partial charge is 0.419 e. The van der Waals surface area contributed by atoms with Crippen LogP contribution in [0.5, 0.6) is 0 Å². The molecule has 0 aliphatic heterocycles. The number of carbonyl (C=O) groups is 1. The summed E-state index contributed by atoms with van der Waals surface area (Å²) in [6.07, 6.45) is -0.739. The number of alkyl halides is 3. The average Bonchev–Trinajstić information content (AvgIpc) is 3.50. The van der Waals surface area contributed by atoms with Crippen molar-refractivity contribution in [3.05, 3.63) is 59.4 Å². The van der Waals surface area contributed by atoms with Crippen LogP contribution in [-0.2, 0) is 6.18 Å². The second-order valence-electron chi connectivity index (χ2n) is 9.96. The molecule has 190 valence electrons. The first-order valence-corrected chi connectivity index (χ1v) is 11.9. The van der Waals surface area contributed by atoms with Crippen molar-refractivity contribution in [2.75, 3.05) is 24.3 Å². The van der Waals surface area contributed by atoms with Crippen molar-refractivity contribution in [3.8, 4) is 0 Å². The number of hydrogen-bond donors (Lipinski definition) is 2. The van der Waals surface area contributed by atoms with Crippen LogP contribution in [0.4, 0.5) is 29.3 Å². The van der Waals surface area contributed by atoms with Crippen LogP contribution in [0.3, 0.4) is 0 Å². The molecule has 1 amide bonds. The Bertz CT molecular complexity index is 1300. The highest BCUT2D eigenvalue weighted by Gasteiger charge is 2.55. The zero-order chi connectivity index (χ0) is 25.7. The van der Waals surface area contributed by atoms with Crippen LogP contribution in [0.25, 0.3) is 10.9 Å². The third kappa shape index (κ3) is 4.56. The Labute approximate surface area is 206 Å². The lowest BCUT2D eigenvalue weighted by Gasteiger charge is -2.30. The smallest absolute Gasteiger partial charge is 0.362 e. The van der Waals surface area contributed by atoms with Gasteiger partial charge in [-0.15, -0.1) is 0 Å². The van der Waals surface area contributed by atoms with Crippen LogP contribution < -0.4 is 15.5 Å². The molecule has 0 bridgehead atoms. The van der Waals surface area contributed by atoms with Crippen LogP contribution in [0, 0.1) is 11.2 Å². The van der Waals surface area contributed by atoms with E-state index >= 15 is 0 Å². The van der Waals surface area contributed by atoms with Gasteiger partial charge in [-0.3, -0.25) is 4.79 Å². The van der Waals surface area contributed by atoms with Gasteiger partial charge < -0.3 is 15.5 Å². The summed E-state index contributed by atoms with van der Waals surface area (Å²) >= 11 is 0. The molecular formula is C26H27F4N5O. The van der Waals surface area contributed by atoms with Gasteiger partial charge >= 0.3 is 6.18 Å². The number of nitrogens with zero attached hydrogens (tertiary/aromatic N) is 3. The third-order valence-corrected chi connectivity index (χ3v) is 7.37. The standard InChI is InChI=1S/C26H27F4N5O/c1-35(2)22-16-6-3-4-9-19(16)32-24(34-22)31-15-10-12-25(13-11-15)14-20(25)33-23(36)17-7-5-8-18(21(17)27)26(28,29)30/h3-9,15,20H,10-14H2,1-2H3,(H,33,36)(H,31,32,34)/t15?,20-,25?/m1/s1. The van der Waals surface area contributed by atoms with E-state index in [2.05, 4.69) is 15.6 Å². The van der Waals surface area contributed by atoms with E-state index in [9.17, 15) is 22.4 Å². The van der Waals surface area contributed by atoms with Crippen molar-refractivity contribution in [2.24, 2.45) is 5.41 Å². The average molecular weight is 502 g/mol. The van der Waals surface area contributed by atoms with Gasteiger partial charge in [0.1, 0.15) is 11.6 Å². The number of amides is 1. The minimum Gasteiger partial charge on any atom is -0.362 e. The van der Waals surface area contributed by atoms with E-state index in [0.717, 1.165) is 61.0 Å². The number of carbonyl (C=O) groups excluding carboxylic acids is 1. The summed E-state index contributed by atoms with van der Waals surface area (Å²) in [6.45, 7) is 0. The van der Waals surface area contributed by atoms with Crippen molar-refractivity contribution in [2.45, 2.75) is 50.4 Å². The first-order chi connectivity index (χ1) is 17.1. The number of rotatable bonds is 5. The molecule has 2 saturated carbocycles. The molecule has 3 aromatic rings. The van der Waals surface area contributed by atoms with Crippen molar-refractivity contribution >= 4 is 28.6 Å². The molecule has 36 heavy (non-hydrogen) atoms. The Morgan fingerprint density at radius 3 is 2.47 bits per heavy atom. The molecule has 0 saturated heterocycles. The third-order valence-electron chi connectivity index (χ3n) is 7.37. The van der Waals surface area contributed by atoms with Gasteiger partial charge in [0, 0.05) is 31.6 Å². The summed E-state index contributed by atoms with van der Waals surface area (Å²) in [4.78, 5) is 23.9. The van der Waals surface area contributed by atoms with Crippen molar-refractivity contribution in [3.63, 3.8) is 0 Å². The Hall–Kier alpha value is -3.43. The number of nitrogens with one attached hydrogen (secondary N) is 2. The SMILES string of the molecule is CN(C)c1nc(NC2CCC3(CC2)C[C@H]3NC(=O)c2cccc(C(F)(F)F)c2F)nc2ccccc12. The summed E-state index contributed by atoms with van der Waals surface area (Å²) in [5.74, 6) is -0.930. The van der Waals surface area contributed by atoms with Gasteiger partial charge in [0.25, 0.3) is 5.91 Å². The van der Waals surface area contributed by atoms with Crippen LogP contribution in [0.15, 0.2) is 42.5 Å². The minimum absolute atomic E-state index is 0.0923.